The van der Waals surface area contributed by atoms with E-state index in [-0.39, 0.29) is 12.5 Å². The average Bonchev–Trinajstić information content (AvgIpc) is 2.98. The number of alkyl carbamates (subject to hydrolysis) is 1. The van der Waals surface area contributed by atoms with Crippen LogP contribution in [-0.2, 0) is 14.3 Å². The van der Waals surface area contributed by atoms with Crippen molar-refractivity contribution in [2.24, 2.45) is 0 Å². The van der Waals surface area contributed by atoms with E-state index in [0.717, 1.165) is 28.3 Å². The van der Waals surface area contributed by atoms with Crippen molar-refractivity contribution in [3.8, 4) is 11.1 Å². The summed E-state index contributed by atoms with van der Waals surface area (Å²) in [6.07, 6.45) is 0.610. The van der Waals surface area contributed by atoms with Crippen molar-refractivity contribution >= 4 is 18.0 Å². The molecule has 2 aromatic rings. The van der Waals surface area contributed by atoms with Gasteiger partial charge in [-0.1, -0.05) is 48.5 Å². The molecule has 1 aliphatic rings. The number of carboxylic acid groups (broad SMARTS) is 2. The topological polar surface area (TPSA) is 113 Å². The van der Waals surface area contributed by atoms with E-state index in [1.165, 1.54) is 6.92 Å². The number of fused-ring (bicyclic) bond motifs is 3. The smallest absolute Gasteiger partial charge is 0.408 e. The molecule has 0 saturated carbocycles. The molecule has 0 radical (unpaired) electrons. The number of carbonyl (C=O) groups is 3. The molecule has 7 heteroatoms. The number of nitrogens with one attached hydrogen (secondary N) is 1. The van der Waals surface area contributed by atoms with Crippen molar-refractivity contribution in [1.82, 2.24) is 5.32 Å². The lowest BCUT2D eigenvalue weighted by Gasteiger charge is -2.23. The summed E-state index contributed by atoms with van der Waals surface area (Å²) in [7, 11) is 0. The van der Waals surface area contributed by atoms with Gasteiger partial charge in [0.05, 0.1) is 0 Å². The Balaban J connectivity index is 1.74. The minimum Gasteiger partial charge on any atom is -0.479 e. The molecule has 1 atom stereocenters. The molecule has 0 heterocycles. The normalized spacial score (nSPS) is 14.8. The standard InChI is InChI=1S/C21H19NO6/c1-21(19(25)26,11-10-18(23)24)22-20(27)28-12-17-15-8-4-2-6-13(15)14-7-3-5-9-16(14)17/h2-11,17H,12H2,1H3,(H,22,27)(H,23,24)(H,25,26). The van der Waals surface area contributed by atoms with Gasteiger partial charge in [-0.3, -0.25) is 0 Å². The van der Waals surface area contributed by atoms with Gasteiger partial charge in [-0.05, 0) is 35.3 Å². The molecule has 0 spiro atoms. The van der Waals surface area contributed by atoms with Crippen LogP contribution in [0, 0.1) is 0 Å². The summed E-state index contributed by atoms with van der Waals surface area (Å²) in [6.45, 7) is 1.20. The monoisotopic (exact) mass is 381 g/mol. The van der Waals surface area contributed by atoms with Crippen molar-refractivity contribution in [3.05, 3.63) is 71.8 Å². The number of aliphatic carboxylic acids is 2. The minimum atomic E-state index is -1.90. The van der Waals surface area contributed by atoms with Crippen molar-refractivity contribution in [2.75, 3.05) is 6.61 Å². The Morgan fingerprint density at radius 2 is 1.57 bits per heavy atom. The van der Waals surface area contributed by atoms with Crippen molar-refractivity contribution in [3.63, 3.8) is 0 Å². The molecule has 7 nitrogen and oxygen atoms in total. The lowest BCUT2D eigenvalue weighted by atomic mass is 9.98. The number of rotatable bonds is 6. The number of benzene rings is 2. The molecule has 1 aliphatic carbocycles. The van der Waals surface area contributed by atoms with Gasteiger partial charge >= 0.3 is 18.0 Å². The van der Waals surface area contributed by atoms with Crippen molar-refractivity contribution in [1.29, 1.82) is 0 Å². The highest BCUT2D eigenvalue weighted by molar-refractivity contribution is 5.89. The number of ether oxygens (including phenoxy) is 1. The van der Waals surface area contributed by atoms with Crippen molar-refractivity contribution in [2.45, 2.75) is 18.4 Å². The maximum absolute atomic E-state index is 12.2. The zero-order valence-corrected chi connectivity index (χ0v) is 15.1. The van der Waals surface area contributed by atoms with Crippen LogP contribution in [0.4, 0.5) is 4.79 Å². The first kappa shape index (κ1) is 19.2. The molecule has 144 valence electrons. The van der Waals surface area contributed by atoms with Crippen LogP contribution in [-0.4, -0.2) is 40.4 Å². The van der Waals surface area contributed by atoms with E-state index in [1.807, 2.05) is 48.5 Å². The third kappa shape index (κ3) is 3.73. The van der Waals surface area contributed by atoms with Gasteiger partial charge in [0.15, 0.2) is 5.54 Å². The zero-order chi connectivity index (χ0) is 20.3. The predicted molar refractivity (Wildman–Crippen MR) is 101 cm³/mol. The molecule has 0 bridgehead atoms. The van der Waals surface area contributed by atoms with Gasteiger partial charge in [0.25, 0.3) is 0 Å². The molecule has 0 fully saturated rings. The summed E-state index contributed by atoms with van der Waals surface area (Å²) in [4.78, 5) is 34.3. The Morgan fingerprint density at radius 3 is 2.07 bits per heavy atom. The maximum Gasteiger partial charge on any atom is 0.408 e. The van der Waals surface area contributed by atoms with Gasteiger partial charge in [0.2, 0.25) is 0 Å². The highest BCUT2D eigenvalue weighted by atomic mass is 16.5. The number of carboxylic acids is 2. The van der Waals surface area contributed by atoms with E-state index in [4.69, 9.17) is 9.84 Å². The zero-order valence-electron chi connectivity index (χ0n) is 15.1. The fourth-order valence-electron chi connectivity index (χ4n) is 3.25. The molecular formula is C21H19NO6. The quantitative estimate of drug-likeness (QED) is 0.663. The van der Waals surface area contributed by atoms with Crippen LogP contribution in [0.25, 0.3) is 11.1 Å². The van der Waals surface area contributed by atoms with E-state index in [0.29, 0.717) is 6.08 Å². The fourth-order valence-corrected chi connectivity index (χ4v) is 3.25. The molecule has 28 heavy (non-hydrogen) atoms. The minimum absolute atomic E-state index is 0.0260. The van der Waals surface area contributed by atoms with Crippen LogP contribution in [0.5, 0.6) is 0 Å². The highest BCUT2D eigenvalue weighted by Crippen LogP contribution is 2.44. The third-order valence-corrected chi connectivity index (χ3v) is 4.71. The van der Waals surface area contributed by atoms with Gasteiger partial charge < -0.3 is 20.3 Å². The van der Waals surface area contributed by atoms with E-state index >= 15 is 0 Å². The van der Waals surface area contributed by atoms with E-state index in [9.17, 15) is 19.5 Å². The summed E-state index contributed by atoms with van der Waals surface area (Å²) in [5.41, 5.74) is 2.31. The van der Waals surface area contributed by atoms with Crippen LogP contribution in [0.1, 0.15) is 24.0 Å². The molecule has 1 unspecified atom stereocenters. The van der Waals surface area contributed by atoms with Crippen LogP contribution < -0.4 is 5.32 Å². The molecule has 3 rings (SSSR count). The number of amides is 1. The first-order valence-corrected chi connectivity index (χ1v) is 8.60. The summed E-state index contributed by atoms with van der Waals surface area (Å²) in [5, 5.41) is 20.2. The van der Waals surface area contributed by atoms with Gasteiger partial charge in [0, 0.05) is 12.0 Å². The molecule has 2 aromatic carbocycles. The van der Waals surface area contributed by atoms with E-state index in [1.54, 1.807) is 0 Å². The van der Waals surface area contributed by atoms with E-state index in [2.05, 4.69) is 5.32 Å². The second-order valence-corrected chi connectivity index (χ2v) is 6.63. The number of hydrogen-bond donors (Lipinski definition) is 3. The van der Waals surface area contributed by atoms with Gasteiger partial charge in [-0.25, -0.2) is 14.4 Å². The highest BCUT2D eigenvalue weighted by Gasteiger charge is 2.34. The van der Waals surface area contributed by atoms with Gasteiger partial charge in [-0.15, -0.1) is 0 Å². The average molecular weight is 381 g/mol. The molecular weight excluding hydrogens is 362 g/mol. The summed E-state index contributed by atoms with van der Waals surface area (Å²) < 4.78 is 5.30. The van der Waals surface area contributed by atoms with Crippen LogP contribution in [0.3, 0.4) is 0 Å². The Morgan fingerprint density at radius 1 is 1.04 bits per heavy atom. The number of carbonyl (C=O) groups excluding carboxylic acids is 1. The van der Waals surface area contributed by atoms with Crippen LogP contribution in [0.15, 0.2) is 60.7 Å². The first-order valence-electron chi connectivity index (χ1n) is 8.60. The predicted octanol–water partition coefficient (Wildman–Crippen LogP) is 3.01. The summed E-state index contributed by atoms with van der Waals surface area (Å²) >= 11 is 0. The molecule has 1 amide bonds. The largest absolute Gasteiger partial charge is 0.479 e. The Hall–Kier alpha value is -3.61. The molecule has 0 aliphatic heterocycles. The van der Waals surface area contributed by atoms with Crippen LogP contribution >= 0.6 is 0 Å². The molecule has 0 aromatic heterocycles. The van der Waals surface area contributed by atoms with Crippen LogP contribution in [0.2, 0.25) is 0 Å². The second-order valence-electron chi connectivity index (χ2n) is 6.63. The van der Waals surface area contributed by atoms with Crippen molar-refractivity contribution < 1.29 is 29.3 Å². The lowest BCUT2D eigenvalue weighted by Crippen LogP contribution is -2.51. The Labute approximate surface area is 161 Å². The SMILES string of the molecule is CC(C=CC(=O)O)(NC(=O)OCC1c2ccccc2-c2ccccc21)C(=O)O. The summed E-state index contributed by atoms with van der Waals surface area (Å²) in [6, 6.07) is 15.7. The lowest BCUT2D eigenvalue weighted by molar-refractivity contribution is -0.141. The number of hydrogen-bond acceptors (Lipinski definition) is 4. The third-order valence-electron chi connectivity index (χ3n) is 4.71. The van der Waals surface area contributed by atoms with E-state index < -0.39 is 23.6 Å². The molecule has 0 saturated heterocycles. The second kappa shape index (κ2) is 7.56. The first-order chi connectivity index (χ1) is 13.3. The van der Waals surface area contributed by atoms with Gasteiger partial charge in [0.1, 0.15) is 6.61 Å². The van der Waals surface area contributed by atoms with Gasteiger partial charge in [-0.2, -0.15) is 0 Å². The maximum atomic E-state index is 12.2. The molecule has 3 N–H and O–H groups in total. The summed E-state index contributed by atoms with van der Waals surface area (Å²) in [5.74, 6) is -2.89. The fraction of sp³-hybridized carbons (Fsp3) is 0.190. The Bertz CT molecular complexity index is 921. The Kier molecular flexibility index (Phi) is 5.17.